The molecule has 0 saturated heterocycles. The third-order valence-corrected chi connectivity index (χ3v) is 4.60. The minimum absolute atomic E-state index is 0.375. The lowest BCUT2D eigenvalue weighted by molar-refractivity contribution is 0.344. The molecule has 0 bridgehead atoms. The van der Waals surface area contributed by atoms with Crippen LogP contribution in [0.1, 0.15) is 32.3 Å². The molecule has 1 atom stereocenters. The molecule has 0 nitrogen and oxygen atoms in total. The number of thioether (sulfide) groups is 1. The monoisotopic (exact) mass is 263 g/mol. The summed E-state index contributed by atoms with van der Waals surface area (Å²) in [7, 11) is 0. The standard InChI is InChI=1S/C15H19S2/c1-15(2)9-13(16)8-14(10-15)17-11-12-6-4-3-5-7-12/h3-8,14H,9-11H2,1-2H3. The van der Waals surface area contributed by atoms with Crippen molar-refractivity contribution in [2.24, 2.45) is 5.41 Å². The van der Waals surface area contributed by atoms with Gasteiger partial charge in [-0.05, 0) is 28.7 Å². The van der Waals surface area contributed by atoms with Crippen molar-refractivity contribution in [1.82, 2.24) is 0 Å². The first-order valence-corrected chi connectivity index (χ1v) is 7.54. The van der Waals surface area contributed by atoms with E-state index < -0.39 is 0 Å². The molecule has 1 fully saturated rings. The zero-order valence-electron chi connectivity index (χ0n) is 10.5. The van der Waals surface area contributed by atoms with E-state index in [0.717, 1.165) is 17.0 Å². The molecule has 0 aliphatic heterocycles. The molecule has 2 heteroatoms. The van der Waals surface area contributed by atoms with Crippen molar-refractivity contribution in [2.45, 2.75) is 37.7 Å². The summed E-state index contributed by atoms with van der Waals surface area (Å²) in [5.41, 5.74) is 1.78. The van der Waals surface area contributed by atoms with Gasteiger partial charge >= 0.3 is 0 Å². The predicted octanol–water partition coefficient (Wildman–Crippen LogP) is 4.68. The van der Waals surface area contributed by atoms with E-state index >= 15 is 0 Å². The maximum absolute atomic E-state index is 5.39. The number of hydrogen-bond donors (Lipinski definition) is 0. The Labute approximate surface area is 114 Å². The van der Waals surface area contributed by atoms with E-state index in [0.29, 0.717) is 10.7 Å². The summed E-state index contributed by atoms with van der Waals surface area (Å²) in [5.74, 6) is 1.08. The highest BCUT2D eigenvalue weighted by atomic mass is 32.2. The van der Waals surface area contributed by atoms with Gasteiger partial charge in [0, 0.05) is 17.4 Å². The average Bonchev–Trinajstić information content (AvgIpc) is 2.25. The molecule has 0 N–H and O–H groups in total. The van der Waals surface area contributed by atoms with Crippen LogP contribution in [0.3, 0.4) is 0 Å². The summed E-state index contributed by atoms with van der Waals surface area (Å²) < 4.78 is 0. The minimum Gasteiger partial charge on any atom is -0.153 e. The van der Waals surface area contributed by atoms with Gasteiger partial charge < -0.3 is 0 Å². The van der Waals surface area contributed by atoms with E-state index in [1.165, 1.54) is 12.0 Å². The second-order valence-electron chi connectivity index (χ2n) is 5.51. The summed E-state index contributed by atoms with van der Waals surface area (Å²) >= 11 is 7.41. The van der Waals surface area contributed by atoms with Gasteiger partial charge in [-0.25, -0.2) is 0 Å². The van der Waals surface area contributed by atoms with Gasteiger partial charge in [0.05, 0.1) is 0 Å². The van der Waals surface area contributed by atoms with Crippen molar-refractivity contribution in [2.75, 3.05) is 0 Å². The van der Waals surface area contributed by atoms with E-state index in [2.05, 4.69) is 50.6 Å². The van der Waals surface area contributed by atoms with Gasteiger partial charge in [0.1, 0.15) is 0 Å². The van der Waals surface area contributed by atoms with Crippen LogP contribution >= 0.6 is 24.0 Å². The number of rotatable bonds is 3. The van der Waals surface area contributed by atoms with E-state index in [9.17, 15) is 0 Å². The smallest absolute Gasteiger partial charge is 0.0187 e. The number of hydrogen-bond acceptors (Lipinski definition) is 2. The summed E-state index contributed by atoms with van der Waals surface area (Å²) in [6.45, 7) is 4.64. The number of benzene rings is 1. The Hall–Kier alpha value is -0.340. The molecule has 1 saturated carbocycles. The van der Waals surface area contributed by atoms with Crippen molar-refractivity contribution in [3.05, 3.63) is 42.3 Å². The first-order valence-electron chi connectivity index (χ1n) is 6.08. The highest BCUT2D eigenvalue weighted by Crippen LogP contribution is 2.39. The summed E-state index contributed by atoms with van der Waals surface area (Å²) in [5, 5.41) is 0.589. The minimum atomic E-state index is 0.375. The van der Waals surface area contributed by atoms with Crippen molar-refractivity contribution in [1.29, 1.82) is 0 Å². The molecular formula is C15H19S2. The fraction of sp³-hybridized carbons (Fsp3) is 0.467. The van der Waals surface area contributed by atoms with Gasteiger partial charge in [-0.1, -0.05) is 56.4 Å². The van der Waals surface area contributed by atoms with Gasteiger partial charge in [-0.15, -0.1) is 0 Å². The lowest BCUT2D eigenvalue weighted by Gasteiger charge is -2.35. The zero-order valence-corrected chi connectivity index (χ0v) is 12.1. The maximum atomic E-state index is 5.39. The SMILES string of the molecule is CC1(C)CC(=S)[CH]C(SCc2ccccc2)C1. The molecule has 1 aliphatic rings. The van der Waals surface area contributed by atoms with Crippen molar-refractivity contribution < 1.29 is 0 Å². The number of thiocarbonyl (C=S) groups is 1. The quantitative estimate of drug-likeness (QED) is 0.726. The summed E-state index contributed by atoms with van der Waals surface area (Å²) in [6, 6.07) is 10.7. The van der Waals surface area contributed by atoms with Crippen LogP contribution in [0.2, 0.25) is 0 Å². The molecule has 1 aromatic carbocycles. The van der Waals surface area contributed by atoms with Gasteiger partial charge in [0.2, 0.25) is 0 Å². The molecule has 0 heterocycles. The van der Waals surface area contributed by atoms with E-state index in [1.807, 2.05) is 11.8 Å². The lowest BCUT2D eigenvalue weighted by atomic mass is 9.77. The van der Waals surface area contributed by atoms with Gasteiger partial charge in [0.25, 0.3) is 0 Å². The van der Waals surface area contributed by atoms with Crippen molar-refractivity contribution >= 4 is 28.8 Å². The van der Waals surface area contributed by atoms with Crippen LogP contribution in [0, 0.1) is 11.8 Å². The fourth-order valence-corrected chi connectivity index (χ4v) is 4.37. The van der Waals surface area contributed by atoms with Crippen molar-refractivity contribution in [3.63, 3.8) is 0 Å². The Morgan fingerprint density at radius 1 is 1.29 bits per heavy atom. The van der Waals surface area contributed by atoms with Crippen LogP contribution in [-0.4, -0.2) is 10.1 Å². The third-order valence-electron chi connectivity index (χ3n) is 3.09. The lowest BCUT2D eigenvalue weighted by Crippen LogP contribution is -2.30. The Morgan fingerprint density at radius 2 is 2.00 bits per heavy atom. The van der Waals surface area contributed by atoms with Crippen LogP contribution in [0.15, 0.2) is 30.3 Å². The zero-order chi connectivity index (χ0) is 12.3. The van der Waals surface area contributed by atoms with Gasteiger partial charge in [-0.3, -0.25) is 0 Å². The van der Waals surface area contributed by atoms with Crippen LogP contribution in [0.25, 0.3) is 0 Å². The van der Waals surface area contributed by atoms with Crippen molar-refractivity contribution in [3.8, 4) is 0 Å². The second-order valence-corrected chi connectivity index (χ2v) is 7.27. The molecule has 1 aliphatic carbocycles. The predicted molar refractivity (Wildman–Crippen MR) is 81.4 cm³/mol. The van der Waals surface area contributed by atoms with E-state index in [-0.39, 0.29) is 0 Å². The van der Waals surface area contributed by atoms with Crippen LogP contribution in [0.5, 0.6) is 0 Å². The van der Waals surface area contributed by atoms with E-state index in [1.54, 1.807) is 0 Å². The molecule has 1 unspecified atom stereocenters. The van der Waals surface area contributed by atoms with Crippen LogP contribution in [0.4, 0.5) is 0 Å². The normalized spacial score (nSPS) is 23.6. The molecule has 1 radical (unpaired) electrons. The second kappa shape index (κ2) is 5.53. The summed E-state index contributed by atoms with van der Waals surface area (Å²) in [4.78, 5) is 1.15. The molecule has 2 rings (SSSR count). The van der Waals surface area contributed by atoms with Crippen LogP contribution < -0.4 is 0 Å². The average molecular weight is 263 g/mol. The Kier molecular flexibility index (Phi) is 4.26. The fourth-order valence-electron chi connectivity index (χ4n) is 2.30. The molecular weight excluding hydrogens is 244 g/mol. The van der Waals surface area contributed by atoms with Crippen LogP contribution in [-0.2, 0) is 5.75 Å². The first-order chi connectivity index (χ1) is 8.05. The largest absolute Gasteiger partial charge is 0.153 e. The maximum Gasteiger partial charge on any atom is 0.0187 e. The highest BCUT2D eigenvalue weighted by molar-refractivity contribution is 7.99. The Balaban J connectivity index is 1.89. The molecule has 0 spiro atoms. The van der Waals surface area contributed by atoms with Gasteiger partial charge in [-0.2, -0.15) is 11.8 Å². The molecule has 0 aromatic heterocycles. The molecule has 0 amide bonds. The topological polar surface area (TPSA) is 0 Å². The summed E-state index contributed by atoms with van der Waals surface area (Å²) in [6.07, 6.45) is 4.60. The Morgan fingerprint density at radius 3 is 2.65 bits per heavy atom. The molecule has 91 valence electrons. The molecule has 17 heavy (non-hydrogen) atoms. The first kappa shape index (κ1) is 13.1. The Bertz CT molecular complexity index is 381. The van der Waals surface area contributed by atoms with E-state index in [4.69, 9.17) is 12.2 Å². The third kappa shape index (κ3) is 4.11. The van der Waals surface area contributed by atoms with Gasteiger partial charge in [0.15, 0.2) is 0 Å². The highest BCUT2D eigenvalue weighted by Gasteiger charge is 2.31. The molecule has 1 aromatic rings.